The average molecular weight is 166 g/mol. The van der Waals surface area contributed by atoms with Gasteiger partial charge in [0, 0.05) is 6.54 Å². The molecule has 0 bridgehead atoms. The van der Waals surface area contributed by atoms with E-state index in [9.17, 15) is 13.6 Å². The molecule has 1 unspecified atom stereocenters. The van der Waals surface area contributed by atoms with Gasteiger partial charge in [-0.15, -0.1) is 0 Å². The van der Waals surface area contributed by atoms with Crippen LogP contribution in [0.2, 0.25) is 0 Å². The molecule has 4 nitrogen and oxygen atoms in total. The Bertz CT molecular complexity index is 185. The quantitative estimate of drug-likeness (QED) is 0.529. The summed E-state index contributed by atoms with van der Waals surface area (Å²) >= 11 is 0. The fraction of sp³-hybridized carbons (Fsp3) is 0.800. The molecule has 0 spiro atoms. The Balaban J connectivity index is 2.64. The first kappa shape index (κ1) is 8.19. The summed E-state index contributed by atoms with van der Waals surface area (Å²) in [6, 6.07) is -1.36. The predicted octanol–water partition coefficient (Wildman–Crippen LogP) is -0.0574. The Hall–Kier alpha value is -0.910. The molecule has 1 heterocycles. The molecule has 1 aliphatic heterocycles. The Morgan fingerprint density at radius 2 is 2.27 bits per heavy atom. The van der Waals surface area contributed by atoms with Gasteiger partial charge in [0.25, 0.3) is 5.92 Å². The van der Waals surface area contributed by atoms with Gasteiger partial charge in [0.15, 0.2) is 0 Å². The zero-order chi connectivity index (χ0) is 8.65. The molecule has 0 aromatic carbocycles. The largest absolute Gasteiger partial charge is 0.465 e. The van der Waals surface area contributed by atoms with Gasteiger partial charge in [-0.1, -0.05) is 0 Å². The number of hydrogen-bond donors (Lipinski definition) is 2. The number of alkyl halides is 2. The second kappa shape index (κ2) is 2.30. The number of nitrogens with zero attached hydrogens (tertiary/aromatic N) is 1. The van der Waals surface area contributed by atoms with Crippen molar-refractivity contribution in [1.82, 2.24) is 4.90 Å². The number of carboxylic acid groups (broad SMARTS) is 1. The maximum absolute atomic E-state index is 12.5. The maximum atomic E-state index is 12.5. The van der Waals surface area contributed by atoms with Crippen LogP contribution in [0.5, 0.6) is 0 Å². The molecule has 0 aromatic heterocycles. The molecule has 1 atom stereocenters. The third-order valence-corrected chi connectivity index (χ3v) is 1.63. The van der Waals surface area contributed by atoms with Crippen LogP contribution in [0.15, 0.2) is 0 Å². The molecule has 1 rings (SSSR count). The minimum Gasteiger partial charge on any atom is -0.465 e. The molecule has 11 heavy (non-hydrogen) atoms. The zero-order valence-corrected chi connectivity index (χ0v) is 5.63. The molecule has 0 aliphatic carbocycles. The monoisotopic (exact) mass is 166 g/mol. The predicted molar refractivity (Wildman–Crippen MR) is 32.5 cm³/mol. The molecule has 1 fully saturated rings. The molecule has 0 aromatic rings. The summed E-state index contributed by atoms with van der Waals surface area (Å²) in [7, 11) is 0. The maximum Gasteiger partial charge on any atom is 0.407 e. The summed E-state index contributed by atoms with van der Waals surface area (Å²) in [5.41, 5.74) is 4.99. The summed E-state index contributed by atoms with van der Waals surface area (Å²) in [5, 5.41) is 8.30. The second-order valence-corrected chi connectivity index (χ2v) is 2.53. The standard InChI is InChI=1S/C5H8F2N2O2/c6-5(7)2-9(4(10)11)1-3(5)8/h3H,1-2,8H2,(H,10,11). The molecular formula is C5H8F2N2O2. The lowest BCUT2D eigenvalue weighted by Crippen LogP contribution is -2.38. The van der Waals surface area contributed by atoms with Crippen LogP contribution in [-0.4, -0.2) is 41.2 Å². The summed E-state index contributed by atoms with van der Waals surface area (Å²) in [6.07, 6.45) is -1.35. The van der Waals surface area contributed by atoms with E-state index < -0.39 is 24.6 Å². The molecule has 1 aliphatic rings. The molecule has 6 heteroatoms. The number of hydrogen-bond acceptors (Lipinski definition) is 2. The normalized spacial score (nSPS) is 29.0. The van der Waals surface area contributed by atoms with Crippen LogP contribution in [0.3, 0.4) is 0 Å². The lowest BCUT2D eigenvalue weighted by molar-refractivity contribution is -0.0000309. The van der Waals surface area contributed by atoms with Gasteiger partial charge in [-0.05, 0) is 0 Å². The highest BCUT2D eigenvalue weighted by Crippen LogP contribution is 2.25. The van der Waals surface area contributed by atoms with Crippen molar-refractivity contribution in [3.05, 3.63) is 0 Å². The topological polar surface area (TPSA) is 66.6 Å². The lowest BCUT2D eigenvalue weighted by Gasteiger charge is -2.11. The fourth-order valence-corrected chi connectivity index (χ4v) is 0.953. The smallest absolute Gasteiger partial charge is 0.407 e. The summed E-state index contributed by atoms with van der Waals surface area (Å²) in [5.74, 6) is -3.07. The molecule has 64 valence electrons. The van der Waals surface area contributed by atoms with E-state index in [1.54, 1.807) is 0 Å². The van der Waals surface area contributed by atoms with Crippen molar-refractivity contribution in [2.75, 3.05) is 13.1 Å². The Morgan fingerprint density at radius 3 is 2.45 bits per heavy atom. The molecular weight excluding hydrogens is 158 g/mol. The highest BCUT2D eigenvalue weighted by molar-refractivity contribution is 5.65. The van der Waals surface area contributed by atoms with Crippen molar-refractivity contribution >= 4 is 6.09 Å². The van der Waals surface area contributed by atoms with Crippen LogP contribution < -0.4 is 5.73 Å². The van der Waals surface area contributed by atoms with Gasteiger partial charge in [0.1, 0.15) is 0 Å². The number of amides is 1. The van der Waals surface area contributed by atoms with E-state index in [0.717, 1.165) is 0 Å². The van der Waals surface area contributed by atoms with Gasteiger partial charge in [0.2, 0.25) is 0 Å². The van der Waals surface area contributed by atoms with E-state index in [-0.39, 0.29) is 6.54 Å². The lowest BCUT2D eigenvalue weighted by atomic mass is 10.2. The Kier molecular flexibility index (Phi) is 1.71. The Morgan fingerprint density at radius 1 is 1.73 bits per heavy atom. The van der Waals surface area contributed by atoms with Crippen molar-refractivity contribution < 1.29 is 18.7 Å². The van der Waals surface area contributed by atoms with E-state index in [1.807, 2.05) is 0 Å². The number of nitrogens with two attached hydrogens (primary N) is 1. The fourth-order valence-electron chi connectivity index (χ4n) is 0.953. The first-order valence-corrected chi connectivity index (χ1v) is 3.05. The van der Waals surface area contributed by atoms with E-state index in [4.69, 9.17) is 10.8 Å². The van der Waals surface area contributed by atoms with E-state index in [2.05, 4.69) is 0 Å². The first-order valence-electron chi connectivity index (χ1n) is 3.05. The molecule has 0 radical (unpaired) electrons. The van der Waals surface area contributed by atoms with Crippen molar-refractivity contribution in [1.29, 1.82) is 0 Å². The number of halogens is 2. The molecule has 0 saturated carbocycles. The van der Waals surface area contributed by atoms with Gasteiger partial charge in [0.05, 0.1) is 12.6 Å². The zero-order valence-electron chi connectivity index (χ0n) is 5.63. The van der Waals surface area contributed by atoms with Gasteiger partial charge < -0.3 is 15.7 Å². The first-order chi connectivity index (χ1) is 4.93. The minimum absolute atomic E-state index is 0.289. The van der Waals surface area contributed by atoms with Crippen molar-refractivity contribution in [2.24, 2.45) is 5.73 Å². The van der Waals surface area contributed by atoms with Gasteiger partial charge in [-0.2, -0.15) is 0 Å². The van der Waals surface area contributed by atoms with Crippen LogP contribution >= 0.6 is 0 Å². The average Bonchev–Trinajstić information content (AvgIpc) is 2.08. The van der Waals surface area contributed by atoms with Crippen LogP contribution in [0.4, 0.5) is 13.6 Å². The third-order valence-electron chi connectivity index (χ3n) is 1.63. The van der Waals surface area contributed by atoms with E-state index in [1.165, 1.54) is 0 Å². The van der Waals surface area contributed by atoms with Gasteiger partial charge in [-0.25, -0.2) is 13.6 Å². The Labute approximate surface area is 61.6 Å². The highest BCUT2D eigenvalue weighted by atomic mass is 19.3. The molecule has 3 N–H and O–H groups in total. The van der Waals surface area contributed by atoms with E-state index >= 15 is 0 Å². The van der Waals surface area contributed by atoms with Crippen LogP contribution in [0.25, 0.3) is 0 Å². The minimum atomic E-state index is -3.07. The van der Waals surface area contributed by atoms with E-state index in [0.29, 0.717) is 4.90 Å². The van der Waals surface area contributed by atoms with Gasteiger partial charge in [-0.3, -0.25) is 0 Å². The highest BCUT2D eigenvalue weighted by Gasteiger charge is 2.47. The molecule has 1 amide bonds. The van der Waals surface area contributed by atoms with Crippen molar-refractivity contribution in [3.63, 3.8) is 0 Å². The van der Waals surface area contributed by atoms with Crippen LogP contribution in [0.1, 0.15) is 0 Å². The van der Waals surface area contributed by atoms with Crippen LogP contribution in [-0.2, 0) is 0 Å². The number of rotatable bonds is 0. The third kappa shape index (κ3) is 1.40. The van der Waals surface area contributed by atoms with Crippen molar-refractivity contribution in [2.45, 2.75) is 12.0 Å². The summed E-state index contributed by atoms with van der Waals surface area (Å²) < 4.78 is 25.0. The molecule has 1 saturated heterocycles. The van der Waals surface area contributed by atoms with Crippen molar-refractivity contribution in [3.8, 4) is 0 Å². The van der Waals surface area contributed by atoms with Gasteiger partial charge >= 0.3 is 6.09 Å². The second-order valence-electron chi connectivity index (χ2n) is 2.53. The van der Waals surface area contributed by atoms with Crippen LogP contribution in [0, 0.1) is 0 Å². The number of likely N-dealkylation sites (tertiary alicyclic amines) is 1. The summed E-state index contributed by atoms with van der Waals surface area (Å²) in [4.78, 5) is 10.8. The number of carbonyl (C=O) groups is 1. The SMILES string of the molecule is NC1CN(C(=O)O)CC1(F)F. The summed E-state index contributed by atoms with van der Waals surface area (Å²) in [6.45, 7) is -1.08.